The molecular formula is C12H20N4O4S. The van der Waals surface area contributed by atoms with Gasteiger partial charge in [0.25, 0.3) is 5.91 Å². The molecule has 8 nitrogen and oxygen atoms in total. The average molecular weight is 316 g/mol. The zero-order valence-corrected chi connectivity index (χ0v) is 12.9. The monoisotopic (exact) mass is 316 g/mol. The van der Waals surface area contributed by atoms with Crippen LogP contribution in [0.4, 0.5) is 0 Å². The number of H-pyrrole nitrogens is 1. The van der Waals surface area contributed by atoms with Gasteiger partial charge >= 0.3 is 0 Å². The van der Waals surface area contributed by atoms with Gasteiger partial charge in [-0.25, -0.2) is 13.6 Å². The molecule has 4 N–H and O–H groups in total. The highest BCUT2D eigenvalue weighted by molar-refractivity contribution is 7.89. The van der Waals surface area contributed by atoms with Gasteiger partial charge in [0.2, 0.25) is 10.0 Å². The molecule has 118 valence electrons. The van der Waals surface area contributed by atoms with Crippen LogP contribution in [0.15, 0.2) is 4.90 Å². The van der Waals surface area contributed by atoms with Gasteiger partial charge in [-0.2, -0.15) is 5.10 Å². The molecule has 0 spiro atoms. The number of nitrogens with two attached hydrogens (primary N) is 1. The maximum absolute atomic E-state index is 12.2. The van der Waals surface area contributed by atoms with Gasteiger partial charge in [0.1, 0.15) is 4.90 Å². The van der Waals surface area contributed by atoms with Gasteiger partial charge in [0.05, 0.1) is 11.8 Å². The van der Waals surface area contributed by atoms with Crippen LogP contribution in [0.25, 0.3) is 0 Å². The SMILES string of the molecule is CCc1[nH]nc(C(=O)NC2CCC(OC)C2)c1S(N)(=O)=O. The number of nitrogens with one attached hydrogen (secondary N) is 2. The number of aryl methyl sites for hydroxylation is 1. The van der Waals surface area contributed by atoms with Crippen LogP contribution in [0.3, 0.4) is 0 Å². The quantitative estimate of drug-likeness (QED) is 0.700. The lowest BCUT2D eigenvalue weighted by Crippen LogP contribution is -2.34. The number of amides is 1. The Labute approximate surface area is 123 Å². The Hall–Kier alpha value is -1.45. The number of methoxy groups -OCH3 is 1. The van der Waals surface area contributed by atoms with E-state index in [1.54, 1.807) is 14.0 Å². The molecule has 21 heavy (non-hydrogen) atoms. The summed E-state index contributed by atoms with van der Waals surface area (Å²) in [4.78, 5) is 12.0. The molecule has 1 aromatic rings. The third-order valence-electron chi connectivity index (χ3n) is 3.70. The summed E-state index contributed by atoms with van der Waals surface area (Å²) in [5.74, 6) is -0.531. The number of ether oxygens (including phenoxy) is 1. The fourth-order valence-corrected chi connectivity index (χ4v) is 3.55. The largest absolute Gasteiger partial charge is 0.381 e. The number of carbonyl (C=O) groups excluding carboxylic acids is 1. The van der Waals surface area contributed by atoms with E-state index in [9.17, 15) is 13.2 Å². The van der Waals surface area contributed by atoms with Crippen LogP contribution >= 0.6 is 0 Å². The number of primary sulfonamides is 1. The Morgan fingerprint density at radius 2 is 2.24 bits per heavy atom. The van der Waals surface area contributed by atoms with E-state index in [-0.39, 0.29) is 22.7 Å². The number of aromatic amines is 1. The molecule has 0 radical (unpaired) electrons. The van der Waals surface area contributed by atoms with Crippen molar-refractivity contribution < 1.29 is 17.9 Å². The molecule has 0 aromatic carbocycles. The molecule has 0 saturated heterocycles. The van der Waals surface area contributed by atoms with Gasteiger partial charge in [0, 0.05) is 13.2 Å². The number of carbonyl (C=O) groups is 1. The summed E-state index contributed by atoms with van der Waals surface area (Å²) in [6, 6.07) is -0.0439. The van der Waals surface area contributed by atoms with Crippen molar-refractivity contribution in [2.24, 2.45) is 5.14 Å². The van der Waals surface area contributed by atoms with Crippen LogP contribution in [0.1, 0.15) is 42.4 Å². The maximum Gasteiger partial charge on any atom is 0.273 e. The van der Waals surface area contributed by atoms with E-state index in [4.69, 9.17) is 9.88 Å². The molecule has 1 saturated carbocycles. The Kier molecular flexibility index (Phi) is 4.64. The molecule has 1 aliphatic carbocycles. The Morgan fingerprint density at radius 1 is 1.52 bits per heavy atom. The van der Waals surface area contributed by atoms with Gasteiger partial charge in [-0.1, -0.05) is 6.92 Å². The maximum atomic E-state index is 12.2. The first kappa shape index (κ1) is 15.9. The Bertz CT molecular complexity index is 625. The van der Waals surface area contributed by atoms with Crippen molar-refractivity contribution in [3.63, 3.8) is 0 Å². The molecule has 0 bridgehead atoms. The van der Waals surface area contributed by atoms with E-state index in [1.807, 2.05) is 0 Å². The fraction of sp³-hybridized carbons (Fsp3) is 0.667. The molecule has 2 atom stereocenters. The normalized spacial score (nSPS) is 22.4. The zero-order valence-electron chi connectivity index (χ0n) is 12.0. The predicted molar refractivity (Wildman–Crippen MR) is 75.2 cm³/mol. The van der Waals surface area contributed by atoms with E-state index in [0.717, 1.165) is 12.8 Å². The van der Waals surface area contributed by atoms with Crippen molar-refractivity contribution in [2.45, 2.75) is 49.6 Å². The summed E-state index contributed by atoms with van der Waals surface area (Å²) >= 11 is 0. The Morgan fingerprint density at radius 3 is 2.76 bits per heavy atom. The molecule has 1 fully saturated rings. The summed E-state index contributed by atoms with van der Waals surface area (Å²) in [7, 11) is -2.37. The summed E-state index contributed by atoms with van der Waals surface area (Å²) in [6.45, 7) is 1.75. The highest BCUT2D eigenvalue weighted by Gasteiger charge is 2.30. The summed E-state index contributed by atoms with van der Waals surface area (Å²) in [5, 5.41) is 14.3. The topological polar surface area (TPSA) is 127 Å². The first-order valence-corrected chi connectivity index (χ1v) is 8.35. The van der Waals surface area contributed by atoms with Crippen molar-refractivity contribution >= 4 is 15.9 Å². The molecule has 1 heterocycles. The minimum Gasteiger partial charge on any atom is -0.381 e. The number of sulfonamides is 1. The van der Waals surface area contributed by atoms with Crippen LogP contribution in [0.5, 0.6) is 0 Å². The van der Waals surface area contributed by atoms with Crippen molar-refractivity contribution in [2.75, 3.05) is 7.11 Å². The lowest BCUT2D eigenvalue weighted by atomic mass is 10.2. The van der Waals surface area contributed by atoms with Crippen LogP contribution in [-0.2, 0) is 21.2 Å². The number of nitrogens with zero attached hydrogens (tertiary/aromatic N) is 1. The molecule has 1 amide bonds. The molecule has 2 rings (SSSR count). The second-order valence-corrected chi connectivity index (χ2v) is 6.62. The molecule has 1 aromatic heterocycles. The third-order valence-corrected chi connectivity index (χ3v) is 4.71. The van der Waals surface area contributed by atoms with E-state index in [1.165, 1.54) is 0 Å². The first-order chi connectivity index (χ1) is 9.86. The first-order valence-electron chi connectivity index (χ1n) is 6.80. The zero-order chi connectivity index (χ0) is 15.6. The van der Waals surface area contributed by atoms with Crippen molar-refractivity contribution in [3.8, 4) is 0 Å². The second kappa shape index (κ2) is 6.12. The smallest absolute Gasteiger partial charge is 0.273 e. The van der Waals surface area contributed by atoms with Crippen LogP contribution in [-0.4, -0.2) is 43.8 Å². The lowest BCUT2D eigenvalue weighted by molar-refractivity contribution is 0.0907. The molecule has 9 heteroatoms. The highest BCUT2D eigenvalue weighted by Crippen LogP contribution is 2.23. The minimum atomic E-state index is -4.01. The van der Waals surface area contributed by atoms with Crippen LogP contribution < -0.4 is 10.5 Å². The van der Waals surface area contributed by atoms with Gasteiger partial charge in [-0.15, -0.1) is 0 Å². The van der Waals surface area contributed by atoms with Crippen molar-refractivity contribution in [1.29, 1.82) is 0 Å². The summed E-state index contributed by atoms with van der Waals surface area (Å²) in [6.07, 6.45) is 2.88. The highest BCUT2D eigenvalue weighted by atomic mass is 32.2. The lowest BCUT2D eigenvalue weighted by Gasteiger charge is -2.12. The van der Waals surface area contributed by atoms with Crippen LogP contribution in [0.2, 0.25) is 0 Å². The summed E-state index contributed by atoms with van der Waals surface area (Å²) in [5.41, 5.74) is 0.166. The van der Waals surface area contributed by atoms with E-state index < -0.39 is 15.9 Å². The molecule has 0 aliphatic heterocycles. The molecular weight excluding hydrogens is 296 g/mol. The predicted octanol–water partition coefficient (Wildman–Crippen LogP) is -0.0832. The van der Waals surface area contributed by atoms with Gasteiger partial charge in [-0.05, 0) is 25.7 Å². The fourth-order valence-electron chi connectivity index (χ4n) is 2.61. The number of hydrogen-bond donors (Lipinski definition) is 3. The average Bonchev–Trinajstić information content (AvgIpc) is 3.03. The number of aromatic nitrogens is 2. The Balaban J connectivity index is 2.19. The van der Waals surface area contributed by atoms with Crippen molar-refractivity contribution in [1.82, 2.24) is 15.5 Å². The van der Waals surface area contributed by atoms with Gasteiger partial charge in [-0.3, -0.25) is 9.89 Å². The molecule has 1 aliphatic rings. The van der Waals surface area contributed by atoms with E-state index in [0.29, 0.717) is 18.5 Å². The van der Waals surface area contributed by atoms with Crippen LogP contribution in [0, 0.1) is 0 Å². The van der Waals surface area contributed by atoms with Gasteiger partial charge < -0.3 is 10.1 Å². The number of rotatable bonds is 5. The third kappa shape index (κ3) is 3.42. The van der Waals surface area contributed by atoms with E-state index in [2.05, 4.69) is 15.5 Å². The second-order valence-electron chi connectivity index (χ2n) is 5.12. The van der Waals surface area contributed by atoms with Crippen molar-refractivity contribution in [3.05, 3.63) is 11.4 Å². The number of hydrogen-bond acceptors (Lipinski definition) is 5. The molecule has 2 unspecified atom stereocenters. The minimum absolute atomic E-state index is 0.0439. The standard InChI is InChI=1S/C12H20N4O4S/c1-3-9-11(21(13,18)19)10(16-15-9)12(17)14-7-4-5-8(6-7)20-2/h7-8H,3-6H2,1-2H3,(H,14,17)(H,15,16)(H2,13,18,19). The van der Waals surface area contributed by atoms with Gasteiger partial charge in [0.15, 0.2) is 5.69 Å². The summed E-state index contributed by atoms with van der Waals surface area (Å²) < 4.78 is 28.5. The van der Waals surface area contributed by atoms with E-state index >= 15 is 0 Å².